The summed E-state index contributed by atoms with van der Waals surface area (Å²) in [5.74, 6) is -0.130. The molecule has 0 bridgehead atoms. The Kier molecular flexibility index (Phi) is 4.36. The standard InChI is InChI=1S/C18H23F3N2O/c1-12(2)23-10-15(17(16(23)24)7-4-8-22-11-17)13-5-3-6-14(9-13)18(19,20)21/h3,5-6,9,12,15,22H,4,7-8,10-11H2,1-2H3/t15-,17-/m1/s1. The van der Waals surface area contributed by atoms with E-state index in [1.165, 1.54) is 12.1 Å². The molecule has 1 spiro atoms. The summed E-state index contributed by atoms with van der Waals surface area (Å²) in [6, 6.07) is 5.54. The van der Waals surface area contributed by atoms with Gasteiger partial charge in [0.15, 0.2) is 0 Å². The molecule has 2 aliphatic heterocycles. The average Bonchev–Trinajstić information content (AvgIpc) is 2.81. The first-order valence-electron chi connectivity index (χ1n) is 8.44. The van der Waals surface area contributed by atoms with Gasteiger partial charge in [-0.25, -0.2) is 0 Å². The van der Waals surface area contributed by atoms with Gasteiger partial charge in [-0.1, -0.05) is 18.2 Å². The van der Waals surface area contributed by atoms with Crippen molar-refractivity contribution in [2.75, 3.05) is 19.6 Å². The molecule has 3 nitrogen and oxygen atoms in total. The smallest absolute Gasteiger partial charge is 0.339 e. The van der Waals surface area contributed by atoms with Gasteiger partial charge in [0.05, 0.1) is 11.0 Å². The van der Waals surface area contributed by atoms with Gasteiger partial charge in [0, 0.05) is 25.0 Å². The van der Waals surface area contributed by atoms with E-state index >= 15 is 0 Å². The Balaban J connectivity index is 2.03. The van der Waals surface area contributed by atoms with Crippen molar-refractivity contribution in [3.63, 3.8) is 0 Å². The molecule has 0 saturated carbocycles. The number of alkyl halides is 3. The van der Waals surface area contributed by atoms with Gasteiger partial charge in [0.2, 0.25) is 5.91 Å². The third-order valence-corrected chi connectivity index (χ3v) is 5.39. The van der Waals surface area contributed by atoms with Crippen LogP contribution < -0.4 is 5.32 Å². The molecule has 0 radical (unpaired) electrons. The third kappa shape index (κ3) is 2.81. The molecule has 6 heteroatoms. The summed E-state index contributed by atoms with van der Waals surface area (Å²) in [5.41, 5.74) is -0.647. The van der Waals surface area contributed by atoms with Crippen LogP contribution in [0.4, 0.5) is 13.2 Å². The Morgan fingerprint density at radius 2 is 2.08 bits per heavy atom. The normalized spacial score (nSPS) is 28.2. The number of piperidine rings is 1. The molecule has 0 aliphatic carbocycles. The molecule has 2 saturated heterocycles. The van der Waals surface area contributed by atoms with Gasteiger partial charge < -0.3 is 10.2 Å². The molecular formula is C18H23F3N2O. The van der Waals surface area contributed by atoms with E-state index in [1.807, 2.05) is 18.7 Å². The summed E-state index contributed by atoms with van der Waals surface area (Å²) in [5, 5.41) is 3.28. The number of likely N-dealkylation sites (tertiary alicyclic amines) is 1. The van der Waals surface area contributed by atoms with E-state index < -0.39 is 17.2 Å². The maximum atomic E-state index is 13.1. The number of amides is 1. The fraction of sp³-hybridized carbons (Fsp3) is 0.611. The van der Waals surface area contributed by atoms with Crippen molar-refractivity contribution in [3.05, 3.63) is 35.4 Å². The van der Waals surface area contributed by atoms with Crippen LogP contribution in [0.15, 0.2) is 24.3 Å². The molecule has 2 atom stereocenters. The molecule has 1 N–H and O–H groups in total. The van der Waals surface area contributed by atoms with Gasteiger partial charge in [0.1, 0.15) is 0 Å². The lowest BCUT2D eigenvalue weighted by Crippen LogP contribution is -2.48. The van der Waals surface area contributed by atoms with Crippen molar-refractivity contribution in [3.8, 4) is 0 Å². The zero-order chi connectivity index (χ0) is 17.5. The quantitative estimate of drug-likeness (QED) is 0.895. The predicted octanol–water partition coefficient (Wildman–Crippen LogP) is 3.41. The molecular weight excluding hydrogens is 317 g/mol. The highest BCUT2D eigenvalue weighted by Crippen LogP contribution is 2.49. The van der Waals surface area contributed by atoms with Crippen LogP contribution >= 0.6 is 0 Å². The lowest BCUT2D eigenvalue weighted by Gasteiger charge is -2.37. The largest absolute Gasteiger partial charge is 0.416 e. The van der Waals surface area contributed by atoms with E-state index in [0.717, 1.165) is 25.5 Å². The molecule has 0 aromatic heterocycles. The van der Waals surface area contributed by atoms with Gasteiger partial charge in [-0.3, -0.25) is 4.79 Å². The Bertz CT molecular complexity index is 621. The summed E-state index contributed by atoms with van der Waals surface area (Å²) in [4.78, 5) is 14.9. The van der Waals surface area contributed by atoms with E-state index in [0.29, 0.717) is 18.7 Å². The van der Waals surface area contributed by atoms with Crippen LogP contribution in [0.2, 0.25) is 0 Å². The number of hydrogen-bond donors (Lipinski definition) is 1. The second-order valence-electron chi connectivity index (χ2n) is 7.16. The first-order chi connectivity index (χ1) is 11.3. The maximum Gasteiger partial charge on any atom is 0.416 e. The highest BCUT2D eigenvalue weighted by Gasteiger charge is 2.55. The van der Waals surface area contributed by atoms with Crippen LogP contribution in [0.5, 0.6) is 0 Å². The van der Waals surface area contributed by atoms with Gasteiger partial charge in [0.25, 0.3) is 0 Å². The van der Waals surface area contributed by atoms with E-state index in [1.54, 1.807) is 6.07 Å². The first kappa shape index (κ1) is 17.3. The van der Waals surface area contributed by atoms with Crippen molar-refractivity contribution >= 4 is 5.91 Å². The number of halogens is 3. The number of carbonyl (C=O) groups excluding carboxylic acids is 1. The Morgan fingerprint density at radius 3 is 2.67 bits per heavy atom. The Labute approximate surface area is 140 Å². The van der Waals surface area contributed by atoms with Gasteiger partial charge in [-0.05, 0) is 44.9 Å². The monoisotopic (exact) mass is 340 g/mol. The minimum Gasteiger partial charge on any atom is -0.339 e. The zero-order valence-corrected chi connectivity index (χ0v) is 14.0. The number of nitrogens with one attached hydrogen (secondary N) is 1. The minimum atomic E-state index is -4.37. The van der Waals surface area contributed by atoms with Crippen molar-refractivity contribution in [1.82, 2.24) is 10.2 Å². The lowest BCUT2D eigenvalue weighted by molar-refractivity contribution is -0.138. The second kappa shape index (κ2) is 6.06. The number of hydrogen-bond acceptors (Lipinski definition) is 2. The van der Waals surface area contributed by atoms with Crippen molar-refractivity contribution in [2.45, 2.75) is 44.8 Å². The zero-order valence-electron chi connectivity index (χ0n) is 14.0. The second-order valence-corrected chi connectivity index (χ2v) is 7.16. The highest BCUT2D eigenvalue weighted by atomic mass is 19.4. The minimum absolute atomic E-state index is 0.0482. The molecule has 3 rings (SSSR count). The highest BCUT2D eigenvalue weighted by molar-refractivity contribution is 5.87. The van der Waals surface area contributed by atoms with Crippen molar-refractivity contribution in [1.29, 1.82) is 0 Å². The summed E-state index contributed by atoms with van der Waals surface area (Å²) in [6.45, 7) is 5.79. The number of rotatable bonds is 2. The van der Waals surface area contributed by atoms with Crippen LogP contribution in [0.25, 0.3) is 0 Å². The van der Waals surface area contributed by atoms with E-state index in [-0.39, 0.29) is 17.9 Å². The summed E-state index contributed by atoms with van der Waals surface area (Å²) >= 11 is 0. The van der Waals surface area contributed by atoms with Crippen LogP contribution in [0.1, 0.15) is 43.7 Å². The lowest BCUT2D eigenvalue weighted by atomic mass is 9.69. The molecule has 2 heterocycles. The van der Waals surface area contributed by atoms with Crippen LogP contribution in [0, 0.1) is 5.41 Å². The van der Waals surface area contributed by atoms with Gasteiger partial charge in [-0.15, -0.1) is 0 Å². The fourth-order valence-corrected chi connectivity index (χ4v) is 4.10. The summed E-state index contributed by atoms with van der Waals surface area (Å²) < 4.78 is 39.2. The molecule has 1 aromatic rings. The fourth-order valence-electron chi connectivity index (χ4n) is 4.10. The molecule has 0 unspecified atom stereocenters. The van der Waals surface area contributed by atoms with Crippen LogP contribution in [0.3, 0.4) is 0 Å². The van der Waals surface area contributed by atoms with E-state index in [2.05, 4.69) is 5.32 Å². The summed E-state index contributed by atoms with van der Waals surface area (Å²) in [6.07, 6.45) is -2.77. The average molecular weight is 340 g/mol. The van der Waals surface area contributed by atoms with E-state index in [4.69, 9.17) is 0 Å². The molecule has 132 valence electrons. The Morgan fingerprint density at radius 1 is 1.33 bits per heavy atom. The van der Waals surface area contributed by atoms with Crippen LogP contribution in [-0.2, 0) is 11.0 Å². The van der Waals surface area contributed by atoms with Crippen molar-refractivity contribution < 1.29 is 18.0 Å². The van der Waals surface area contributed by atoms with Crippen LogP contribution in [-0.4, -0.2) is 36.5 Å². The molecule has 2 fully saturated rings. The molecule has 24 heavy (non-hydrogen) atoms. The third-order valence-electron chi connectivity index (χ3n) is 5.39. The molecule has 1 aromatic carbocycles. The first-order valence-corrected chi connectivity index (χ1v) is 8.44. The molecule has 1 amide bonds. The topological polar surface area (TPSA) is 32.3 Å². The molecule has 2 aliphatic rings. The van der Waals surface area contributed by atoms with E-state index in [9.17, 15) is 18.0 Å². The number of benzene rings is 1. The summed E-state index contributed by atoms with van der Waals surface area (Å²) in [7, 11) is 0. The number of carbonyl (C=O) groups is 1. The maximum absolute atomic E-state index is 13.1. The van der Waals surface area contributed by atoms with Crippen molar-refractivity contribution in [2.24, 2.45) is 5.41 Å². The Hall–Kier alpha value is -1.56. The predicted molar refractivity (Wildman–Crippen MR) is 85.6 cm³/mol. The van der Waals surface area contributed by atoms with Gasteiger partial charge in [-0.2, -0.15) is 13.2 Å². The SMILES string of the molecule is CC(C)N1C[C@H](c2cccc(C(F)(F)F)c2)[C@]2(CCCNC2)C1=O. The van der Waals surface area contributed by atoms with Gasteiger partial charge >= 0.3 is 6.18 Å². The number of nitrogens with zero attached hydrogens (tertiary/aromatic N) is 1.